The van der Waals surface area contributed by atoms with Crippen LogP contribution in [0.5, 0.6) is 5.75 Å². The molecule has 6 heteroatoms. The SMILES string of the molecule is COc1cc(C)cnc1N(C(=O)C#CC1CCOCC1)c1cc(C)c(I)cc1C1CC1. The number of halogens is 1. The molecule has 0 radical (unpaired) electrons. The molecule has 0 N–H and O–H groups in total. The number of ether oxygens (including phenoxy) is 2. The van der Waals surface area contributed by atoms with Gasteiger partial charge in [-0.3, -0.25) is 9.69 Å². The van der Waals surface area contributed by atoms with Crippen molar-refractivity contribution in [3.63, 3.8) is 0 Å². The molecule has 2 fully saturated rings. The second kappa shape index (κ2) is 9.58. The largest absolute Gasteiger partial charge is 0.493 e. The van der Waals surface area contributed by atoms with Gasteiger partial charge in [-0.15, -0.1) is 0 Å². The number of amides is 1. The van der Waals surface area contributed by atoms with E-state index in [1.165, 1.54) is 9.13 Å². The number of nitrogens with zero attached hydrogens (tertiary/aromatic N) is 2. The summed E-state index contributed by atoms with van der Waals surface area (Å²) in [5.41, 5.74) is 4.14. The molecule has 4 rings (SSSR count). The van der Waals surface area contributed by atoms with Gasteiger partial charge in [0.25, 0.3) is 0 Å². The monoisotopic (exact) mass is 530 g/mol. The van der Waals surface area contributed by atoms with E-state index in [1.54, 1.807) is 18.2 Å². The molecule has 0 spiro atoms. The Kier molecular flexibility index (Phi) is 6.83. The minimum absolute atomic E-state index is 0.189. The Balaban J connectivity index is 1.82. The van der Waals surface area contributed by atoms with E-state index in [1.807, 2.05) is 13.0 Å². The maximum Gasteiger partial charge on any atom is 0.308 e. The zero-order valence-electron chi connectivity index (χ0n) is 18.2. The van der Waals surface area contributed by atoms with Crippen LogP contribution in [0.3, 0.4) is 0 Å². The van der Waals surface area contributed by atoms with Gasteiger partial charge >= 0.3 is 5.91 Å². The Bertz CT molecular complexity index is 1050. The average molecular weight is 530 g/mol. The molecule has 1 aliphatic carbocycles. The normalized spacial score (nSPS) is 16.4. The molecule has 1 aliphatic heterocycles. The number of carbonyl (C=O) groups excluding carboxylic acids is 1. The lowest BCUT2D eigenvalue weighted by Crippen LogP contribution is -2.27. The highest BCUT2D eigenvalue weighted by molar-refractivity contribution is 14.1. The van der Waals surface area contributed by atoms with Crippen molar-refractivity contribution in [2.75, 3.05) is 25.2 Å². The van der Waals surface area contributed by atoms with Crippen molar-refractivity contribution in [2.24, 2.45) is 5.92 Å². The zero-order chi connectivity index (χ0) is 22.0. The van der Waals surface area contributed by atoms with Crippen molar-refractivity contribution in [3.05, 3.63) is 44.7 Å². The number of aromatic nitrogens is 1. The first-order chi connectivity index (χ1) is 15.0. The fourth-order valence-electron chi connectivity index (χ4n) is 3.83. The number of pyridine rings is 1. The molecule has 1 aromatic heterocycles. The van der Waals surface area contributed by atoms with E-state index in [2.05, 4.69) is 58.5 Å². The number of hydrogen-bond acceptors (Lipinski definition) is 4. The topological polar surface area (TPSA) is 51.7 Å². The Morgan fingerprint density at radius 1 is 1.19 bits per heavy atom. The van der Waals surface area contributed by atoms with E-state index >= 15 is 0 Å². The van der Waals surface area contributed by atoms with Crippen LogP contribution in [0.15, 0.2) is 24.4 Å². The lowest BCUT2D eigenvalue weighted by Gasteiger charge is -2.25. The molecule has 2 aliphatic rings. The molecule has 1 aromatic carbocycles. The molecule has 5 nitrogen and oxygen atoms in total. The standard InChI is InChI=1S/C25H27IN2O3/c1-16-12-23(30-3)25(27-15-16)28(24(29)7-4-18-8-10-31-11-9-18)22-13-17(2)21(26)14-20(22)19-5-6-19/h12-15,18-19H,5-6,8-11H2,1-3H3. The molecule has 162 valence electrons. The summed E-state index contributed by atoms with van der Waals surface area (Å²) < 4.78 is 12.2. The van der Waals surface area contributed by atoms with Crippen molar-refractivity contribution in [1.82, 2.24) is 4.98 Å². The number of anilines is 2. The molecule has 2 heterocycles. The van der Waals surface area contributed by atoms with Crippen LogP contribution < -0.4 is 9.64 Å². The van der Waals surface area contributed by atoms with Gasteiger partial charge in [-0.1, -0.05) is 5.92 Å². The van der Waals surface area contributed by atoms with Gasteiger partial charge in [0, 0.05) is 28.9 Å². The van der Waals surface area contributed by atoms with Crippen LogP contribution in [-0.2, 0) is 9.53 Å². The zero-order valence-corrected chi connectivity index (χ0v) is 20.4. The summed E-state index contributed by atoms with van der Waals surface area (Å²) in [6.07, 6.45) is 5.77. The summed E-state index contributed by atoms with van der Waals surface area (Å²) in [6.45, 7) is 5.43. The third-order valence-corrected chi connectivity index (χ3v) is 6.94. The summed E-state index contributed by atoms with van der Waals surface area (Å²) in [4.78, 5) is 19.8. The van der Waals surface area contributed by atoms with Gasteiger partial charge in [-0.05, 0) is 109 Å². The quantitative estimate of drug-likeness (QED) is 0.399. The van der Waals surface area contributed by atoms with Crippen molar-refractivity contribution in [2.45, 2.75) is 45.4 Å². The van der Waals surface area contributed by atoms with Gasteiger partial charge in [-0.25, -0.2) is 4.98 Å². The predicted octanol–water partition coefficient (Wildman–Crippen LogP) is 5.28. The van der Waals surface area contributed by atoms with Gasteiger partial charge in [0.2, 0.25) is 0 Å². The van der Waals surface area contributed by atoms with Crippen molar-refractivity contribution in [3.8, 4) is 17.6 Å². The van der Waals surface area contributed by atoms with E-state index in [4.69, 9.17) is 9.47 Å². The third kappa shape index (κ3) is 5.04. The van der Waals surface area contributed by atoms with Crippen molar-refractivity contribution >= 4 is 40.0 Å². The van der Waals surface area contributed by atoms with Crippen molar-refractivity contribution in [1.29, 1.82) is 0 Å². The summed E-state index contributed by atoms with van der Waals surface area (Å²) >= 11 is 2.36. The highest BCUT2D eigenvalue weighted by atomic mass is 127. The minimum Gasteiger partial charge on any atom is -0.493 e. The second-order valence-corrected chi connectivity index (χ2v) is 9.43. The molecule has 0 unspecified atom stereocenters. The fourth-order valence-corrected chi connectivity index (χ4v) is 4.32. The summed E-state index contributed by atoms with van der Waals surface area (Å²) in [5, 5.41) is 0. The maximum absolute atomic E-state index is 13.6. The first-order valence-corrected chi connectivity index (χ1v) is 11.8. The lowest BCUT2D eigenvalue weighted by atomic mass is 10.0. The van der Waals surface area contributed by atoms with E-state index < -0.39 is 0 Å². The smallest absolute Gasteiger partial charge is 0.308 e. The van der Waals surface area contributed by atoms with Crippen LogP contribution in [0.2, 0.25) is 0 Å². The fraction of sp³-hybridized carbons (Fsp3) is 0.440. The molecular formula is C25H27IN2O3. The second-order valence-electron chi connectivity index (χ2n) is 8.27. The number of benzene rings is 1. The molecular weight excluding hydrogens is 503 g/mol. The van der Waals surface area contributed by atoms with Crippen LogP contribution in [0, 0.1) is 35.2 Å². The average Bonchev–Trinajstić information content (AvgIpc) is 3.61. The number of methoxy groups -OCH3 is 1. The number of aryl methyl sites for hydroxylation is 2. The van der Waals surface area contributed by atoms with Gasteiger partial charge in [-0.2, -0.15) is 0 Å². The van der Waals surface area contributed by atoms with Crippen LogP contribution >= 0.6 is 22.6 Å². The highest BCUT2D eigenvalue weighted by Crippen LogP contribution is 2.47. The van der Waals surface area contributed by atoms with Gasteiger partial charge in [0.15, 0.2) is 11.6 Å². The maximum atomic E-state index is 13.6. The Hall–Kier alpha value is -2.11. The predicted molar refractivity (Wildman–Crippen MR) is 130 cm³/mol. The molecule has 1 saturated heterocycles. The molecule has 0 bridgehead atoms. The summed E-state index contributed by atoms with van der Waals surface area (Å²) in [5.74, 6) is 7.55. The van der Waals surface area contributed by atoms with Crippen LogP contribution in [-0.4, -0.2) is 31.2 Å². The molecule has 1 amide bonds. The van der Waals surface area contributed by atoms with E-state index in [0.29, 0.717) is 30.7 Å². The minimum atomic E-state index is -0.274. The summed E-state index contributed by atoms with van der Waals surface area (Å²) in [6, 6.07) is 6.20. The van der Waals surface area contributed by atoms with Crippen molar-refractivity contribution < 1.29 is 14.3 Å². The first-order valence-electron chi connectivity index (χ1n) is 10.7. The van der Waals surface area contributed by atoms with E-state index in [0.717, 1.165) is 42.5 Å². The Morgan fingerprint density at radius 2 is 1.94 bits per heavy atom. The summed E-state index contributed by atoms with van der Waals surface area (Å²) in [7, 11) is 1.61. The number of carbonyl (C=O) groups is 1. The van der Waals surface area contributed by atoms with Gasteiger partial charge < -0.3 is 9.47 Å². The van der Waals surface area contributed by atoms with E-state index in [9.17, 15) is 4.79 Å². The van der Waals surface area contributed by atoms with Gasteiger partial charge in [0.1, 0.15) is 0 Å². The number of rotatable bonds is 4. The molecule has 2 aromatic rings. The van der Waals surface area contributed by atoms with Crippen LogP contribution in [0.4, 0.5) is 11.5 Å². The first kappa shape index (κ1) is 22.1. The third-order valence-electron chi connectivity index (χ3n) is 5.77. The molecule has 0 atom stereocenters. The lowest BCUT2D eigenvalue weighted by molar-refractivity contribution is -0.112. The molecule has 1 saturated carbocycles. The molecule has 31 heavy (non-hydrogen) atoms. The van der Waals surface area contributed by atoms with Crippen LogP contribution in [0.1, 0.15) is 48.3 Å². The van der Waals surface area contributed by atoms with Crippen LogP contribution in [0.25, 0.3) is 0 Å². The Labute approximate surface area is 197 Å². The number of hydrogen-bond donors (Lipinski definition) is 0. The Morgan fingerprint density at radius 3 is 2.61 bits per heavy atom. The van der Waals surface area contributed by atoms with E-state index in [-0.39, 0.29) is 11.8 Å². The highest BCUT2D eigenvalue weighted by Gasteiger charge is 2.32. The van der Waals surface area contributed by atoms with Gasteiger partial charge in [0.05, 0.1) is 12.8 Å².